The number of pyridine rings is 2. The predicted molar refractivity (Wildman–Crippen MR) is 150 cm³/mol. The molecule has 0 saturated carbocycles. The fourth-order valence-corrected chi connectivity index (χ4v) is 5.41. The first-order valence-corrected chi connectivity index (χ1v) is 13.7. The van der Waals surface area contributed by atoms with Crippen LogP contribution in [-0.4, -0.2) is 81.3 Å². The van der Waals surface area contributed by atoms with Gasteiger partial charge in [0.05, 0.1) is 30.2 Å². The molecule has 202 valence electrons. The van der Waals surface area contributed by atoms with Gasteiger partial charge in [-0.05, 0) is 37.1 Å². The summed E-state index contributed by atoms with van der Waals surface area (Å²) in [5.41, 5.74) is 5.00. The minimum Gasteiger partial charge on any atom is -0.476 e. The normalized spacial score (nSPS) is 19.4. The highest BCUT2D eigenvalue weighted by atomic mass is 16.5. The van der Waals surface area contributed by atoms with E-state index in [-0.39, 0.29) is 11.9 Å². The molecule has 6 rings (SSSR count). The number of fused-ring (bicyclic) bond motifs is 2. The summed E-state index contributed by atoms with van der Waals surface area (Å²) in [6, 6.07) is 11.6. The molecular formula is C29H34N8O2. The Morgan fingerprint density at radius 3 is 2.95 bits per heavy atom. The van der Waals surface area contributed by atoms with Gasteiger partial charge in [-0.15, -0.1) is 0 Å². The van der Waals surface area contributed by atoms with Gasteiger partial charge in [-0.1, -0.05) is 25.1 Å². The Kier molecular flexibility index (Phi) is 7.38. The molecule has 3 aromatic rings. The SMILES string of the molecule is CCC1=NN(Cc2cccc(OCCN3CCNCC3)n2)C2CC=CC(NC(=O)c3cnc4ccccn34)=C12. The summed E-state index contributed by atoms with van der Waals surface area (Å²) >= 11 is 0. The zero-order chi connectivity index (χ0) is 26.6. The quantitative estimate of drug-likeness (QED) is 0.442. The number of amides is 1. The number of ether oxygens (including phenoxy) is 1. The molecular weight excluding hydrogens is 492 g/mol. The van der Waals surface area contributed by atoms with E-state index in [1.165, 1.54) is 0 Å². The number of imidazole rings is 1. The number of piperazine rings is 1. The lowest BCUT2D eigenvalue weighted by Crippen LogP contribution is -2.44. The van der Waals surface area contributed by atoms with Crippen LogP contribution in [0.3, 0.4) is 0 Å². The number of rotatable bonds is 9. The highest BCUT2D eigenvalue weighted by molar-refractivity contribution is 6.05. The van der Waals surface area contributed by atoms with Crippen LogP contribution in [0.15, 0.2) is 77.3 Å². The summed E-state index contributed by atoms with van der Waals surface area (Å²) in [5, 5.41) is 13.6. The molecule has 3 aromatic heterocycles. The molecule has 2 N–H and O–H groups in total. The molecule has 1 atom stereocenters. The average Bonchev–Trinajstić information content (AvgIpc) is 3.56. The van der Waals surface area contributed by atoms with Crippen LogP contribution >= 0.6 is 0 Å². The third kappa shape index (κ3) is 5.43. The molecule has 1 unspecified atom stereocenters. The van der Waals surface area contributed by atoms with Crippen molar-refractivity contribution < 1.29 is 9.53 Å². The lowest BCUT2D eigenvalue weighted by molar-refractivity contribution is 0.0960. The fraction of sp³-hybridized carbons (Fsp3) is 0.379. The lowest BCUT2D eigenvalue weighted by atomic mass is 9.92. The number of nitrogens with zero attached hydrogens (tertiary/aromatic N) is 6. The van der Waals surface area contributed by atoms with E-state index in [2.05, 4.69) is 38.5 Å². The molecule has 3 aliphatic rings. The second-order valence-electron chi connectivity index (χ2n) is 9.91. The number of nitrogens with one attached hydrogen (secondary N) is 2. The Morgan fingerprint density at radius 2 is 2.08 bits per heavy atom. The Bertz CT molecular complexity index is 1440. The minimum absolute atomic E-state index is 0.0431. The van der Waals surface area contributed by atoms with Crippen LogP contribution in [0.5, 0.6) is 5.88 Å². The topological polar surface area (TPSA) is 99.4 Å². The van der Waals surface area contributed by atoms with Gasteiger partial charge in [-0.2, -0.15) is 5.10 Å². The number of allylic oxidation sites excluding steroid dienone is 1. The number of carbonyl (C=O) groups excluding carboxylic acids is 1. The fourth-order valence-electron chi connectivity index (χ4n) is 5.41. The van der Waals surface area contributed by atoms with Crippen molar-refractivity contribution in [3.05, 3.63) is 83.6 Å². The van der Waals surface area contributed by atoms with Crippen molar-refractivity contribution in [3.8, 4) is 5.88 Å². The van der Waals surface area contributed by atoms with Crippen molar-refractivity contribution in [1.82, 2.24) is 34.9 Å². The number of carbonyl (C=O) groups is 1. The molecule has 1 aliphatic carbocycles. The Hall–Kier alpha value is -4.02. The summed E-state index contributed by atoms with van der Waals surface area (Å²) in [7, 11) is 0. The van der Waals surface area contributed by atoms with Crippen molar-refractivity contribution in [2.75, 3.05) is 39.3 Å². The summed E-state index contributed by atoms with van der Waals surface area (Å²) in [6.45, 7) is 8.34. The summed E-state index contributed by atoms with van der Waals surface area (Å²) in [5.74, 6) is 0.449. The van der Waals surface area contributed by atoms with Crippen molar-refractivity contribution >= 4 is 17.3 Å². The van der Waals surface area contributed by atoms with E-state index in [9.17, 15) is 4.79 Å². The molecule has 0 radical (unpaired) electrons. The lowest BCUT2D eigenvalue weighted by Gasteiger charge is -2.27. The molecule has 1 saturated heterocycles. The van der Waals surface area contributed by atoms with E-state index < -0.39 is 0 Å². The number of hydrogen-bond donors (Lipinski definition) is 2. The van der Waals surface area contributed by atoms with Crippen LogP contribution in [0.25, 0.3) is 5.65 Å². The zero-order valence-corrected chi connectivity index (χ0v) is 22.2. The zero-order valence-electron chi connectivity index (χ0n) is 22.2. The van der Waals surface area contributed by atoms with Crippen LogP contribution < -0.4 is 15.4 Å². The summed E-state index contributed by atoms with van der Waals surface area (Å²) < 4.78 is 7.78. The standard InChI is InChI=1S/C29H34N8O2/c1-2-22-28-23(33-29(38)25-19-31-26-10-3-4-14-36(25)26)8-6-9-24(28)37(34-22)20-21-7-5-11-27(32-21)39-18-17-35-15-12-30-13-16-35/h3-8,10-11,14,19,24,30H,2,9,12-13,15-18,20H2,1H3,(H,33,38). The van der Waals surface area contributed by atoms with E-state index in [4.69, 9.17) is 14.8 Å². The van der Waals surface area contributed by atoms with Crippen molar-refractivity contribution in [2.24, 2.45) is 5.10 Å². The second-order valence-corrected chi connectivity index (χ2v) is 9.91. The first-order valence-electron chi connectivity index (χ1n) is 13.7. The number of aromatic nitrogens is 3. The smallest absolute Gasteiger partial charge is 0.274 e. The van der Waals surface area contributed by atoms with Crippen LogP contribution in [0, 0.1) is 0 Å². The van der Waals surface area contributed by atoms with Gasteiger partial charge in [-0.3, -0.25) is 19.1 Å². The first kappa shape index (κ1) is 25.3. The van der Waals surface area contributed by atoms with Crippen LogP contribution in [0.1, 0.15) is 35.9 Å². The average molecular weight is 527 g/mol. The van der Waals surface area contributed by atoms with Crippen LogP contribution in [0.2, 0.25) is 0 Å². The van der Waals surface area contributed by atoms with E-state index in [0.29, 0.717) is 24.7 Å². The van der Waals surface area contributed by atoms with Gasteiger partial charge in [-0.25, -0.2) is 9.97 Å². The van der Waals surface area contributed by atoms with Gasteiger partial charge in [0.25, 0.3) is 5.91 Å². The second kappa shape index (κ2) is 11.4. The Labute approximate surface area is 228 Å². The summed E-state index contributed by atoms with van der Waals surface area (Å²) in [6.07, 6.45) is 9.14. The Morgan fingerprint density at radius 1 is 1.18 bits per heavy atom. The van der Waals surface area contributed by atoms with E-state index in [0.717, 1.165) is 73.9 Å². The first-order chi connectivity index (χ1) is 19.2. The van der Waals surface area contributed by atoms with Gasteiger partial charge in [0, 0.05) is 56.3 Å². The molecule has 10 nitrogen and oxygen atoms in total. The molecule has 5 heterocycles. The van der Waals surface area contributed by atoms with Gasteiger partial charge in [0.15, 0.2) is 0 Å². The van der Waals surface area contributed by atoms with E-state index in [1.807, 2.05) is 48.7 Å². The van der Waals surface area contributed by atoms with Crippen molar-refractivity contribution in [1.29, 1.82) is 0 Å². The molecule has 1 fully saturated rings. The predicted octanol–water partition coefficient (Wildman–Crippen LogP) is 2.61. The highest BCUT2D eigenvalue weighted by Gasteiger charge is 2.35. The van der Waals surface area contributed by atoms with Crippen molar-refractivity contribution in [2.45, 2.75) is 32.4 Å². The molecule has 39 heavy (non-hydrogen) atoms. The van der Waals surface area contributed by atoms with Crippen LogP contribution in [0.4, 0.5) is 0 Å². The van der Waals surface area contributed by atoms with Gasteiger partial charge < -0.3 is 15.4 Å². The Balaban J connectivity index is 1.15. The maximum atomic E-state index is 13.2. The third-order valence-corrected chi connectivity index (χ3v) is 7.39. The molecule has 0 aromatic carbocycles. The maximum absolute atomic E-state index is 13.2. The van der Waals surface area contributed by atoms with Gasteiger partial charge in [0.2, 0.25) is 5.88 Å². The third-order valence-electron chi connectivity index (χ3n) is 7.39. The van der Waals surface area contributed by atoms with Crippen molar-refractivity contribution in [3.63, 3.8) is 0 Å². The van der Waals surface area contributed by atoms with Crippen LogP contribution in [-0.2, 0) is 6.54 Å². The molecule has 2 aliphatic heterocycles. The van der Waals surface area contributed by atoms with Gasteiger partial charge in [0.1, 0.15) is 17.9 Å². The highest BCUT2D eigenvalue weighted by Crippen LogP contribution is 2.32. The monoisotopic (exact) mass is 526 g/mol. The van der Waals surface area contributed by atoms with E-state index >= 15 is 0 Å². The summed E-state index contributed by atoms with van der Waals surface area (Å²) in [4.78, 5) is 24.8. The molecule has 10 heteroatoms. The minimum atomic E-state index is -0.192. The maximum Gasteiger partial charge on any atom is 0.274 e. The molecule has 0 bridgehead atoms. The number of hydrogen-bond acceptors (Lipinski definition) is 8. The number of hydrazone groups is 1. The van der Waals surface area contributed by atoms with E-state index in [1.54, 1.807) is 10.6 Å². The van der Waals surface area contributed by atoms with Gasteiger partial charge >= 0.3 is 0 Å². The molecule has 0 spiro atoms. The molecule has 1 amide bonds. The largest absolute Gasteiger partial charge is 0.476 e.